The Morgan fingerprint density at radius 2 is 1.72 bits per heavy atom. The predicted octanol–water partition coefficient (Wildman–Crippen LogP) is 3.08. The number of carbonyl (C=O) groups is 1. The first kappa shape index (κ1) is 12.3. The molecular formula is C15H15NO2. The number of methoxy groups -OCH3 is 1. The van der Waals surface area contributed by atoms with Crippen LogP contribution in [0.2, 0.25) is 0 Å². The van der Waals surface area contributed by atoms with Crippen LogP contribution in [0.4, 0.5) is 0 Å². The van der Waals surface area contributed by atoms with Gasteiger partial charge in [0.25, 0.3) is 0 Å². The van der Waals surface area contributed by atoms with Gasteiger partial charge in [-0.15, -0.1) is 0 Å². The van der Waals surface area contributed by atoms with Gasteiger partial charge in [0.2, 0.25) is 0 Å². The SMILES string of the molecule is COc1ccc(C(=O)C(C)c2ccncc2)cc1. The molecule has 0 amide bonds. The van der Waals surface area contributed by atoms with Crippen LogP contribution in [0.1, 0.15) is 28.8 Å². The third-order valence-electron chi connectivity index (χ3n) is 2.97. The predicted molar refractivity (Wildman–Crippen MR) is 70.0 cm³/mol. The lowest BCUT2D eigenvalue weighted by molar-refractivity contribution is 0.0966. The van der Waals surface area contributed by atoms with E-state index in [-0.39, 0.29) is 11.7 Å². The average molecular weight is 241 g/mol. The van der Waals surface area contributed by atoms with Gasteiger partial charge < -0.3 is 4.74 Å². The van der Waals surface area contributed by atoms with Crippen molar-refractivity contribution in [2.24, 2.45) is 0 Å². The van der Waals surface area contributed by atoms with Crippen molar-refractivity contribution in [3.8, 4) is 5.75 Å². The van der Waals surface area contributed by atoms with Crippen molar-refractivity contribution in [1.29, 1.82) is 0 Å². The van der Waals surface area contributed by atoms with Crippen LogP contribution in [0.5, 0.6) is 5.75 Å². The van der Waals surface area contributed by atoms with E-state index in [9.17, 15) is 4.79 Å². The van der Waals surface area contributed by atoms with Crippen LogP contribution in [-0.2, 0) is 0 Å². The first-order chi connectivity index (χ1) is 8.72. The molecule has 1 heterocycles. The second kappa shape index (κ2) is 5.45. The highest BCUT2D eigenvalue weighted by Gasteiger charge is 2.16. The molecule has 1 unspecified atom stereocenters. The highest BCUT2D eigenvalue weighted by Crippen LogP contribution is 2.21. The zero-order valence-corrected chi connectivity index (χ0v) is 10.5. The monoisotopic (exact) mass is 241 g/mol. The number of pyridine rings is 1. The first-order valence-corrected chi connectivity index (χ1v) is 5.80. The quantitative estimate of drug-likeness (QED) is 0.772. The summed E-state index contributed by atoms with van der Waals surface area (Å²) in [5.74, 6) is 0.688. The van der Waals surface area contributed by atoms with Crippen LogP contribution in [0.3, 0.4) is 0 Å². The Bertz CT molecular complexity index is 520. The largest absolute Gasteiger partial charge is 0.497 e. The number of carbonyl (C=O) groups excluding carboxylic acids is 1. The van der Waals surface area contributed by atoms with Gasteiger partial charge in [-0.2, -0.15) is 0 Å². The molecule has 2 rings (SSSR count). The lowest BCUT2D eigenvalue weighted by atomic mass is 9.93. The minimum atomic E-state index is -0.165. The maximum Gasteiger partial charge on any atom is 0.170 e. The molecule has 0 aliphatic carbocycles. The lowest BCUT2D eigenvalue weighted by Crippen LogP contribution is -2.09. The molecule has 0 saturated heterocycles. The van der Waals surface area contributed by atoms with Crippen LogP contribution in [0.15, 0.2) is 48.8 Å². The molecule has 0 N–H and O–H groups in total. The summed E-state index contributed by atoms with van der Waals surface area (Å²) in [4.78, 5) is 16.2. The van der Waals surface area contributed by atoms with E-state index in [1.807, 2.05) is 19.1 Å². The zero-order chi connectivity index (χ0) is 13.0. The van der Waals surface area contributed by atoms with Gasteiger partial charge >= 0.3 is 0 Å². The van der Waals surface area contributed by atoms with E-state index in [0.29, 0.717) is 5.56 Å². The van der Waals surface area contributed by atoms with Gasteiger partial charge in [-0.05, 0) is 42.0 Å². The molecule has 1 aromatic carbocycles. The van der Waals surface area contributed by atoms with Crippen molar-refractivity contribution in [3.63, 3.8) is 0 Å². The average Bonchev–Trinajstić information content (AvgIpc) is 2.47. The van der Waals surface area contributed by atoms with E-state index >= 15 is 0 Å². The molecule has 0 aliphatic heterocycles. The number of Topliss-reactive ketones (excluding diaryl/α,β-unsaturated/α-hetero) is 1. The lowest BCUT2D eigenvalue weighted by Gasteiger charge is -2.10. The van der Waals surface area contributed by atoms with E-state index in [4.69, 9.17) is 4.74 Å². The Morgan fingerprint density at radius 1 is 1.11 bits per heavy atom. The fourth-order valence-corrected chi connectivity index (χ4v) is 1.81. The molecule has 0 bridgehead atoms. The molecule has 18 heavy (non-hydrogen) atoms. The number of ketones is 1. The Hall–Kier alpha value is -2.16. The van der Waals surface area contributed by atoms with Crippen LogP contribution in [-0.4, -0.2) is 17.9 Å². The van der Waals surface area contributed by atoms with Gasteiger partial charge in [0, 0.05) is 23.9 Å². The van der Waals surface area contributed by atoms with Crippen molar-refractivity contribution in [1.82, 2.24) is 4.98 Å². The number of hydrogen-bond donors (Lipinski definition) is 0. The number of hydrogen-bond acceptors (Lipinski definition) is 3. The zero-order valence-electron chi connectivity index (χ0n) is 10.5. The third kappa shape index (κ3) is 2.56. The minimum absolute atomic E-state index is 0.101. The van der Waals surface area contributed by atoms with E-state index in [0.717, 1.165) is 11.3 Å². The summed E-state index contributed by atoms with van der Waals surface area (Å²) in [6.45, 7) is 1.90. The Morgan fingerprint density at radius 3 is 2.28 bits per heavy atom. The van der Waals surface area contributed by atoms with Crippen molar-refractivity contribution in [2.75, 3.05) is 7.11 Å². The van der Waals surface area contributed by atoms with Crippen LogP contribution in [0.25, 0.3) is 0 Å². The molecule has 0 saturated carbocycles. The van der Waals surface area contributed by atoms with Gasteiger partial charge in [0.05, 0.1) is 7.11 Å². The van der Waals surface area contributed by atoms with E-state index in [1.54, 1.807) is 43.8 Å². The van der Waals surface area contributed by atoms with Gasteiger partial charge in [-0.1, -0.05) is 6.92 Å². The molecule has 0 aliphatic rings. The third-order valence-corrected chi connectivity index (χ3v) is 2.97. The summed E-state index contributed by atoms with van der Waals surface area (Å²) in [7, 11) is 1.61. The molecule has 1 atom stereocenters. The van der Waals surface area contributed by atoms with Crippen LogP contribution >= 0.6 is 0 Å². The molecule has 1 aromatic heterocycles. The molecule has 3 heteroatoms. The maximum atomic E-state index is 12.3. The number of rotatable bonds is 4. The summed E-state index contributed by atoms with van der Waals surface area (Å²) in [5.41, 5.74) is 1.67. The van der Waals surface area contributed by atoms with E-state index in [2.05, 4.69) is 4.98 Å². The molecule has 0 spiro atoms. The summed E-state index contributed by atoms with van der Waals surface area (Å²) in [6, 6.07) is 10.9. The first-order valence-electron chi connectivity index (χ1n) is 5.80. The molecule has 2 aromatic rings. The normalized spacial score (nSPS) is 11.9. The Kier molecular flexibility index (Phi) is 3.72. The van der Waals surface area contributed by atoms with Crippen molar-refractivity contribution in [2.45, 2.75) is 12.8 Å². The van der Waals surface area contributed by atoms with Crippen molar-refractivity contribution < 1.29 is 9.53 Å². The maximum absolute atomic E-state index is 12.3. The molecule has 0 fully saturated rings. The highest BCUT2D eigenvalue weighted by molar-refractivity contribution is 6.00. The number of nitrogens with zero attached hydrogens (tertiary/aromatic N) is 1. The van der Waals surface area contributed by atoms with Crippen LogP contribution in [0, 0.1) is 0 Å². The number of ether oxygens (including phenoxy) is 1. The highest BCUT2D eigenvalue weighted by atomic mass is 16.5. The molecule has 3 nitrogen and oxygen atoms in total. The smallest absolute Gasteiger partial charge is 0.170 e. The van der Waals surface area contributed by atoms with Gasteiger partial charge in [0.1, 0.15) is 5.75 Å². The fraction of sp³-hybridized carbons (Fsp3) is 0.200. The standard InChI is InChI=1S/C15H15NO2/c1-11(12-7-9-16-10-8-12)15(17)13-3-5-14(18-2)6-4-13/h3-11H,1-2H3. The van der Waals surface area contributed by atoms with Crippen molar-refractivity contribution >= 4 is 5.78 Å². The summed E-state index contributed by atoms with van der Waals surface area (Å²) in [5, 5.41) is 0. The van der Waals surface area contributed by atoms with Crippen LogP contribution < -0.4 is 4.74 Å². The van der Waals surface area contributed by atoms with Crippen molar-refractivity contribution in [3.05, 3.63) is 59.9 Å². The Labute approximate surface area is 106 Å². The second-order valence-corrected chi connectivity index (χ2v) is 4.09. The molecular weight excluding hydrogens is 226 g/mol. The van der Waals surface area contributed by atoms with Gasteiger partial charge in [0.15, 0.2) is 5.78 Å². The molecule has 92 valence electrons. The second-order valence-electron chi connectivity index (χ2n) is 4.09. The van der Waals surface area contributed by atoms with Gasteiger partial charge in [-0.25, -0.2) is 0 Å². The molecule has 0 radical (unpaired) electrons. The summed E-state index contributed by atoms with van der Waals surface area (Å²) >= 11 is 0. The summed E-state index contributed by atoms with van der Waals surface area (Å²) in [6.07, 6.45) is 3.40. The van der Waals surface area contributed by atoms with E-state index in [1.165, 1.54) is 0 Å². The Balaban J connectivity index is 2.20. The van der Waals surface area contributed by atoms with E-state index < -0.39 is 0 Å². The number of aromatic nitrogens is 1. The fourth-order valence-electron chi connectivity index (χ4n) is 1.81. The summed E-state index contributed by atoms with van der Waals surface area (Å²) < 4.78 is 5.07. The van der Waals surface area contributed by atoms with Gasteiger partial charge in [-0.3, -0.25) is 9.78 Å². The minimum Gasteiger partial charge on any atom is -0.497 e. The number of benzene rings is 1. The topological polar surface area (TPSA) is 39.2 Å².